The minimum absolute atomic E-state index is 0.157. The molecule has 0 heterocycles. The van der Waals surface area contributed by atoms with Gasteiger partial charge in [-0.2, -0.15) is 0 Å². The Bertz CT molecular complexity index is 577. The van der Waals surface area contributed by atoms with E-state index >= 15 is 0 Å². The zero-order valence-corrected chi connectivity index (χ0v) is 18.7. The van der Waals surface area contributed by atoms with Crippen molar-refractivity contribution >= 4 is 5.97 Å². The molecule has 0 bridgehead atoms. The van der Waals surface area contributed by atoms with Crippen LogP contribution in [0.1, 0.15) is 58.3 Å². The summed E-state index contributed by atoms with van der Waals surface area (Å²) in [4.78, 5) is 11.4. The van der Waals surface area contributed by atoms with Crippen molar-refractivity contribution in [2.45, 2.75) is 76.6 Å². The number of aliphatic hydroxyl groups is 4. The van der Waals surface area contributed by atoms with E-state index < -0.39 is 24.9 Å². The second-order valence-corrected chi connectivity index (χ2v) is 7.23. The molecule has 4 N–H and O–H groups in total. The van der Waals surface area contributed by atoms with Gasteiger partial charge in [0.2, 0.25) is 0 Å². The molecule has 0 spiro atoms. The van der Waals surface area contributed by atoms with Gasteiger partial charge in [0.25, 0.3) is 0 Å². The molecule has 6 nitrogen and oxygen atoms in total. The summed E-state index contributed by atoms with van der Waals surface area (Å²) in [5.41, 5.74) is 0. The van der Waals surface area contributed by atoms with Gasteiger partial charge in [-0.15, -0.1) is 0 Å². The highest BCUT2D eigenvalue weighted by Crippen LogP contribution is 2.06. The molecule has 0 aromatic carbocycles. The molecule has 0 radical (unpaired) electrons. The van der Waals surface area contributed by atoms with Gasteiger partial charge in [-0.25, -0.2) is 0 Å². The Kier molecular flexibility index (Phi) is 19.9. The smallest absolute Gasteiger partial charge is 0.305 e. The fraction of sp³-hybridized carbons (Fsp3) is 0.560. The molecule has 3 unspecified atom stereocenters. The van der Waals surface area contributed by atoms with Crippen LogP contribution in [0.5, 0.6) is 0 Å². The third-order valence-corrected chi connectivity index (χ3v) is 4.22. The topological polar surface area (TPSA) is 107 Å². The Labute approximate surface area is 187 Å². The van der Waals surface area contributed by atoms with Crippen LogP contribution in [0.2, 0.25) is 0 Å². The van der Waals surface area contributed by atoms with Gasteiger partial charge >= 0.3 is 5.97 Å². The molecule has 0 aromatic heterocycles. The summed E-state index contributed by atoms with van der Waals surface area (Å²) >= 11 is 0. The van der Waals surface area contributed by atoms with Crippen LogP contribution in [0.3, 0.4) is 0 Å². The minimum atomic E-state index is -1.00. The summed E-state index contributed by atoms with van der Waals surface area (Å²) in [6, 6.07) is 0. The number of hydrogen-bond acceptors (Lipinski definition) is 6. The van der Waals surface area contributed by atoms with Crippen molar-refractivity contribution in [1.82, 2.24) is 0 Å². The maximum absolute atomic E-state index is 11.4. The van der Waals surface area contributed by atoms with Crippen LogP contribution in [0.15, 0.2) is 60.8 Å². The van der Waals surface area contributed by atoms with E-state index in [0.717, 1.165) is 38.5 Å². The van der Waals surface area contributed by atoms with Crippen molar-refractivity contribution in [2.75, 3.05) is 13.2 Å². The van der Waals surface area contributed by atoms with Crippen LogP contribution in [0.4, 0.5) is 0 Å². The van der Waals surface area contributed by atoms with Crippen molar-refractivity contribution in [3.63, 3.8) is 0 Å². The second kappa shape index (κ2) is 21.2. The number of allylic oxidation sites excluding steroid dienone is 8. The normalized spacial score (nSPS) is 15.6. The summed E-state index contributed by atoms with van der Waals surface area (Å²) in [7, 11) is 0. The van der Waals surface area contributed by atoms with Crippen molar-refractivity contribution in [2.24, 2.45) is 0 Å². The average molecular weight is 437 g/mol. The second-order valence-electron chi connectivity index (χ2n) is 7.23. The first-order valence-corrected chi connectivity index (χ1v) is 11.1. The van der Waals surface area contributed by atoms with E-state index in [-0.39, 0.29) is 19.0 Å². The Morgan fingerprint density at radius 2 is 1.55 bits per heavy atom. The number of aliphatic hydroxyl groups excluding tert-OH is 4. The maximum atomic E-state index is 11.4. The molecule has 3 atom stereocenters. The number of carbonyl (C=O) groups excluding carboxylic acids is 1. The molecule has 176 valence electrons. The van der Waals surface area contributed by atoms with E-state index in [0.29, 0.717) is 6.42 Å². The predicted molar refractivity (Wildman–Crippen MR) is 124 cm³/mol. The molecule has 0 saturated heterocycles. The fourth-order valence-corrected chi connectivity index (χ4v) is 2.48. The summed E-state index contributed by atoms with van der Waals surface area (Å²) in [6.07, 6.45) is 22.4. The Balaban J connectivity index is 3.72. The number of ether oxygens (including phenoxy) is 1. The van der Waals surface area contributed by atoms with Gasteiger partial charge in [-0.05, 0) is 32.1 Å². The van der Waals surface area contributed by atoms with Crippen LogP contribution in [-0.4, -0.2) is 57.9 Å². The molecule has 31 heavy (non-hydrogen) atoms. The number of unbranched alkanes of at least 4 members (excludes halogenated alkanes) is 3. The molecular weight excluding hydrogens is 396 g/mol. The standard InChI is InChI=1S/C25H40O6/c1-2-3-4-13-16-22(27)19-23(28)17-14-11-9-7-5-6-8-10-12-15-18-25(30)31-21-24(29)20-26/h3-6,9,11,13-14,16-17,22-24,26-29H,2,7-8,10,12,15,18-21H2,1H3. The molecule has 0 aliphatic carbocycles. The maximum Gasteiger partial charge on any atom is 0.305 e. The predicted octanol–water partition coefficient (Wildman–Crippen LogP) is 3.53. The zero-order valence-electron chi connectivity index (χ0n) is 18.7. The van der Waals surface area contributed by atoms with Crippen molar-refractivity contribution in [1.29, 1.82) is 0 Å². The van der Waals surface area contributed by atoms with Crippen LogP contribution < -0.4 is 0 Å². The van der Waals surface area contributed by atoms with Gasteiger partial charge in [0.1, 0.15) is 12.7 Å². The Morgan fingerprint density at radius 3 is 2.19 bits per heavy atom. The number of hydrogen-bond donors (Lipinski definition) is 4. The van der Waals surface area contributed by atoms with Crippen LogP contribution in [0, 0.1) is 0 Å². The van der Waals surface area contributed by atoms with Gasteiger partial charge < -0.3 is 25.2 Å². The highest BCUT2D eigenvalue weighted by atomic mass is 16.5. The molecule has 0 aromatic rings. The third-order valence-electron chi connectivity index (χ3n) is 4.22. The van der Waals surface area contributed by atoms with Gasteiger partial charge in [0.05, 0.1) is 18.8 Å². The highest BCUT2D eigenvalue weighted by Gasteiger charge is 2.07. The van der Waals surface area contributed by atoms with Gasteiger partial charge in [-0.1, -0.05) is 74.1 Å². The van der Waals surface area contributed by atoms with Crippen molar-refractivity contribution < 1.29 is 30.0 Å². The van der Waals surface area contributed by atoms with E-state index in [2.05, 4.69) is 12.2 Å². The molecule has 0 aliphatic rings. The summed E-state index contributed by atoms with van der Waals surface area (Å²) < 4.78 is 4.83. The van der Waals surface area contributed by atoms with Gasteiger partial charge in [0, 0.05) is 12.8 Å². The molecule has 0 aliphatic heterocycles. The SMILES string of the molecule is CCC=CC=CC(O)CC(O)C=CC=CCC=CCCCCCC(=O)OCC(O)CO. The lowest BCUT2D eigenvalue weighted by Crippen LogP contribution is -2.21. The molecule has 6 heteroatoms. The molecular formula is C25H40O6. The molecule has 0 rings (SSSR count). The highest BCUT2D eigenvalue weighted by molar-refractivity contribution is 5.69. The molecule has 0 saturated carbocycles. The molecule has 0 fully saturated rings. The summed E-state index contributed by atoms with van der Waals surface area (Å²) in [6.45, 7) is 1.47. The third kappa shape index (κ3) is 21.0. The first-order chi connectivity index (χ1) is 15.0. The first-order valence-electron chi connectivity index (χ1n) is 11.1. The van der Waals surface area contributed by atoms with Crippen molar-refractivity contribution in [3.8, 4) is 0 Å². The number of rotatable bonds is 18. The number of carbonyl (C=O) groups is 1. The van der Waals surface area contributed by atoms with E-state index in [4.69, 9.17) is 14.9 Å². The first kappa shape index (κ1) is 29.0. The van der Waals surface area contributed by atoms with Crippen LogP contribution >= 0.6 is 0 Å². The summed E-state index contributed by atoms with van der Waals surface area (Å²) in [5, 5.41) is 37.4. The lowest BCUT2D eigenvalue weighted by molar-refractivity contribution is -0.147. The zero-order chi connectivity index (χ0) is 23.2. The lowest BCUT2D eigenvalue weighted by atomic mass is 10.1. The Morgan fingerprint density at radius 1 is 0.871 bits per heavy atom. The van der Waals surface area contributed by atoms with E-state index in [1.807, 2.05) is 31.2 Å². The van der Waals surface area contributed by atoms with Gasteiger partial charge in [-0.3, -0.25) is 4.79 Å². The van der Waals surface area contributed by atoms with Crippen LogP contribution in [-0.2, 0) is 9.53 Å². The summed E-state index contributed by atoms with van der Waals surface area (Å²) in [5.74, 6) is -0.346. The number of esters is 1. The quantitative estimate of drug-likeness (QED) is 0.113. The largest absolute Gasteiger partial charge is 0.463 e. The fourth-order valence-electron chi connectivity index (χ4n) is 2.48. The minimum Gasteiger partial charge on any atom is -0.463 e. The van der Waals surface area contributed by atoms with E-state index in [1.54, 1.807) is 24.3 Å². The average Bonchev–Trinajstić information content (AvgIpc) is 2.75. The Hall–Kier alpha value is -1.99. The van der Waals surface area contributed by atoms with E-state index in [1.165, 1.54) is 0 Å². The van der Waals surface area contributed by atoms with Crippen LogP contribution in [0.25, 0.3) is 0 Å². The van der Waals surface area contributed by atoms with Gasteiger partial charge in [0.15, 0.2) is 0 Å². The monoisotopic (exact) mass is 436 g/mol. The van der Waals surface area contributed by atoms with E-state index in [9.17, 15) is 15.0 Å². The lowest BCUT2D eigenvalue weighted by Gasteiger charge is -2.08. The van der Waals surface area contributed by atoms with Crippen molar-refractivity contribution in [3.05, 3.63) is 60.8 Å². The molecule has 0 amide bonds.